The smallest absolute Gasteiger partial charge is 0.277 e. The molecule has 4 nitrogen and oxygen atoms in total. The molecule has 1 heterocycles. The molecule has 0 N–H and O–H groups in total. The maximum atomic E-state index is 12.9. The van der Waals surface area contributed by atoms with E-state index in [2.05, 4.69) is 10.2 Å². The van der Waals surface area contributed by atoms with Crippen molar-refractivity contribution in [1.29, 1.82) is 0 Å². The zero-order valence-electron chi connectivity index (χ0n) is 11.7. The molecule has 0 aliphatic carbocycles. The van der Waals surface area contributed by atoms with Gasteiger partial charge in [-0.1, -0.05) is 35.5 Å². The molecule has 0 aliphatic heterocycles. The second kappa shape index (κ2) is 6.93. The highest BCUT2D eigenvalue weighted by atomic mass is 35.5. The molecule has 0 aliphatic rings. The molecule has 0 atom stereocenters. The predicted octanol–water partition coefficient (Wildman–Crippen LogP) is 4.50. The van der Waals surface area contributed by atoms with Crippen molar-refractivity contribution in [3.8, 4) is 11.5 Å². The zero-order chi connectivity index (χ0) is 16.2. The molecule has 3 aromatic rings. The van der Waals surface area contributed by atoms with E-state index in [9.17, 15) is 9.18 Å². The molecular weight excluding hydrogens is 339 g/mol. The van der Waals surface area contributed by atoms with E-state index >= 15 is 0 Å². The summed E-state index contributed by atoms with van der Waals surface area (Å²) in [6, 6.07) is 12.6. The largest absolute Gasteiger partial charge is 0.411 e. The number of benzene rings is 2. The van der Waals surface area contributed by atoms with Gasteiger partial charge in [-0.3, -0.25) is 4.79 Å². The van der Waals surface area contributed by atoms with Gasteiger partial charge in [0.15, 0.2) is 5.78 Å². The lowest BCUT2D eigenvalue weighted by Gasteiger charge is -2.01. The quantitative estimate of drug-likeness (QED) is 0.501. The number of hydrogen-bond donors (Lipinski definition) is 0. The number of thioether (sulfide) groups is 1. The molecule has 0 spiro atoms. The third-order valence-electron chi connectivity index (χ3n) is 3.00. The molecule has 0 saturated carbocycles. The summed E-state index contributed by atoms with van der Waals surface area (Å²) in [6.07, 6.45) is 0. The lowest BCUT2D eigenvalue weighted by Crippen LogP contribution is -2.02. The van der Waals surface area contributed by atoms with Crippen LogP contribution in [0.15, 0.2) is 58.2 Å². The number of hydrogen-bond acceptors (Lipinski definition) is 5. The minimum atomic E-state index is -0.340. The summed E-state index contributed by atoms with van der Waals surface area (Å²) in [5.74, 6) is -0.0533. The summed E-state index contributed by atoms with van der Waals surface area (Å²) in [5, 5.41) is 8.44. The molecule has 0 fully saturated rings. The second-order valence-corrected chi connectivity index (χ2v) is 5.91. The fraction of sp³-hybridized carbons (Fsp3) is 0.0625. The van der Waals surface area contributed by atoms with Crippen LogP contribution in [0.4, 0.5) is 4.39 Å². The van der Waals surface area contributed by atoms with E-state index in [1.165, 1.54) is 12.1 Å². The van der Waals surface area contributed by atoms with Crippen LogP contribution in [0.25, 0.3) is 11.5 Å². The number of ketones is 1. The van der Waals surface area contributed by atoms with Gasteiger partial charge in [-0.15, -0.1) is 10.2 Å². The van der Waals surface area contributed by atoms with Crippen LogP contribution in [0.2, 0.25) is 5.02 Å². The highest BCUT2D eigenvalue weighted by molar-refractivity contribution is 7.99. The molecule has 0 bridgehead atoms. The molecular formula is C16H10ClFN2O2S. The Hall–Kier alpha value is -2.18. The first-order valence-electron chi connectivity index (χ1n) is 6.63. The van der Waals surface area contributed by atoms with Crippen LogP contribution in [0.3, 0.4) is 0 Å². The zero-order valence-corrected chi connectivity index (χ0v) is 13.3. The van der Waals surface area contributed by atoms with Crippen LogP contribution < -0.4 is 0 Å². The van der Waals surface area contributed by atoms with E-state index in [1.807, 2.05) is 0 Å². The Morgan fingerprint density at radius 1 is 1.13 bits per heavy atom. The molecule has 0 unspecified atom stereocenters. The highest BCUT2D eigenvalue weighted by Gasteiger charge is 2.14. The Morgan fingerprint density at radius 3 is 2.61 bits per heavy atom. The van der Waals surface area contributed by atoms with Crippen molar-refractivity contribution in [3.63, 3.8) is 0 Å². The maximum absolute atomic E-state index is 12.9. The standard InChI is InChI=1S/C16H10ClFN2O2S/c17-13-4-2-1-3-12(13)14(21)9-23-16-20-19-15(22-16)10-5-7-11(18)8-6-10/h1-8H,9H2. The van der Waals surface area contributed by atoms with E-state index in [1.54, 1.807) is 36.4 Å². The van der Waals surface area contributed by atoms with Crippen molar-refractivity contribution in [1.82, 2.24) is 10.2 Å². The number of aromatic nitrogens is 2. The third kappa shape index (κ3) is 3.78. The molecule has 0 saturated heterocycles. The average molecular weight is 349 g/mol. The topological polar surface area (TPSA) is 56.0 Å². The van der Waals surface area contributed by atoms with Crippen molar-refractivity contribution in [3.05, 3.63) is 64.9 Å². The highest BCUT2D eigenvalue weighted by Crippen LogP contribution is 2.25. The van der Waals surface area contributed by atoms with Gasteiger partial charge in [0.05, 0.1) is 10.8 Å². The van der Waals surface area contributed by atoms with E-state index in [4.69, 9.17) is 16.0 Å². The number of nitrogens with zero attached hydrogens (tertiary/aromatic N) is 2. The monoisotopic (exact) mass is 348 g/mol. The fourth-order valence-corrected chi connectivity index (χ4v) is 2.76. The van der Waals surface area contributed by atoms with Gasteiger partial charge in [0.2, 0.25) is 5.89 Å². The Morgan fingerprint density at radius 2 is 1.87 bits per heavy atom. The normalized spacial score (nSPS) is 10.7. The molecule has 0 radical (unpaired) electrons. The summed E-state index contributed by atoms with van der Waals surface area (Å²) in [6.45, 7) is 0. The molecule has 2 aromatic carbocycles. The number of rotatable bonds is 5. The predicted molar refractivity (Wildman–Crippen MR) is 86.2 cm³/mol. The minimum absolute atomic E-state index is 0.123. The van der Waals surface area contributed by atoms with Crippen LogP contribution in [0.5, 0.6) is 0 Å². The Bertz CT molecular complexity index is 836. The van der Waals surface area contributed by atoms with Crippen molar-refractivity contribution in [2.24, 2.45) is 0 Å². The third-order valence-corrected chi connectivity index (χ3v) is 4.15. The van der Waals surface area contributed by atoms with Gasteiger partial charge in [-0.25, -0.2) is 4.39 Å². The second-order valence-electron chi connectivity index (χ2n) is 4.57. The molecule has 116 valence electrons. The first kappa shape index (κ1) is 15.7. The van der Waals surface area contributed by atoms with Crippen LogP contribution in [-0.2, 0) is 0 Å². The summed E-state index contributed by atoms with van der Waals surface area (Å²) >= 11 is 7.11. The number of Topliss-reactive ketones (excluding diaryl/α,β-unsaturated/α-hetero) is 1. The van der Waals surface area contributed by atoms with Crippen molar-refractivity contribution < 1.29 is 13.6 Å². The van der Waals surface area contributed by atoms with Crippen molar-refractivity contribution in [2.75, 3.05) is 5.75 Å². The van der Waals surface area contributed by atoms with Crippen LogP contribution in [0, 0.1) is 5.82 Å². The number of halogens is 2. The van der Waals surface area contributed by atoms with Gasteiger partial charge in [-0.05, 0) is 36.4 Å². The van der Waals surface area contributed by atoms with E-state index in [0.717, 1.165) is 11.8 Å². The van der Waals surface area contributed by atoms with Crippen molar-refractivity contribution >= 4 is 29.1 Å². The lowest BCUT2D eigenvalue weighted by molar-refractivity contribution is 0.102. The summed E-state index contributed by atoms with van der Waals surface area (Å²) < 4.78 is 18.4. The van der Waals surface area contributed by atoms with Crippen LogP contribution >= 0.6 is 23.4 Å². The van der Waals surface area contributed by atoms with E-state index < -0.39 is 0 Å². The van der Waals surface area contributed by atoms with Gasteiger partial charge >= 0.3 is 0 Å². The van der Waals surface area contributed by atoms with Gasteiger partial charge in [0, 0.05) is 11.1 Å². The summed E-state index contributed by atoms with van der Waals surface area (Å²) in [7, 11) is 0. The molecule has 1 aromatic heterocycles. The number of carbonyl (C=O) groups excluding carboxylic acids is 1. The average Bonchev–Trinajstić information content (AvgIpc) is 3.03. The maximum Gasteiger partial charge on any atom is 0.277 e. The molecule has 23 heavy (non-hydrogen) atoms. The van der Waals surface area contributed by atoms with E-state index in [0.29, 0.717) is 16.1 Å². The summed E-state index contributed by atoms with van der Waals surface area (Å²) in [4.78, 5) is 12.1. The summed E-state index contributed by atoms with van der Waals surface area (Å²) in [5.41, 5.74) is 1.07. The van der Waals surface area contributed by atoms with Gasteiger partial charge in [0.25, 0.3) is 5.22 Å². The van der Waals surface area contributed by atoms with Gasteiger partial charge < -0.3 is 4.42 Å². The van der Waals surface area contributed by atoms with Gasteiger partial charge in [0.1, 0.15) is 5.82 Å². The Kier molecular flexibility index (Phi) is 4.73. The number of carbonyl (C=O) groups is 1. The SMILES string of the molecule is O=C(CSc1nnc(-c2ccc(F)cc2)o1)c1ccccc1Cl. The van der Waals surface area contributed by atoms with Crippen LogP contribution in [-0.4, -0.2) is 21.7 Å². The first-order chi connectivity index (χ1) is 11.1. The Labute approximate surface area is 140 Å². The van der Waals surface area contributed by atoms with Crippen molar-refractivity contribution in [2.45, 2.75) is 5.22 Å². The lowest BCUT2D eigenvalue weighted by atomic mass is 10.1. The molecule has 7 heteroatoms. The molecule has 3 rings (SSSR count). The fourth-order valence-electron chi connectivity index (χ4n) is 1.87. The van der Waals surface area contributed by atoms with Gasteiger partial charge in [-0.2, -0.15) is 0 Å². The van der Waals surface area contributed by atoms with E-state index in [-0.39, 0.29) is 28.5 Å². The minimum Gasteiger partial charge on any atom is -0.411 e. The Balaban J connectivity index is 1.67. The van der Waals surface area contributed by atoms with Crippen LogP contribution in [0.1, 0.15) is 10.4 Å². The first-order valence-corrected chi connectivity index (χ1v) is 8.00. The molecule has 0 amide bonds.